The summed E-state index contributed by atoms with van der Waals surface area (Å²) < 4.78 is 5.88. The van der Waals surface area contributed by atoms with Crippen molar-refractivity contribution in [2.75, 3.05) is 19.6 Å². The lowest BCUT2D eigenvalue weighted by Crippen LogP contribution is -2.57. The molecule has 2 bridgehead atoms. The van der Waals surface area contributed by atoms with Crippen LogP contribution >= 0.6 is 11.3 Å². The maximum absolute atomic E-state index is 12.7. The first-order valence-electron chi connectivity index (χ1n) is 9.39. The van der Waals surface area contributed by atoms with Gasteiger partial charge in [0.25, 0.3) is 5.91 Å². The smallest absolute Gasteiger partial charge is 0.287 e. The number of nitrogens with zero attached hydrogens (tertiary/aromatic N) is 2. The van der Waals surface area contributed by atoms with E-state index >= 15 is 0 Å². The number of benzene rings is 1. The van der Waals surface area contributed by atoms with E-state index in [1.165, 1.54) is 12.8 Å². The van der Waals surface area contributed by atoms with Gasteiger partial charge in [0.2, 0.25) is 0 Å². The average molecular weight is 379 g/mol. The van der Waals surface area contributed by atoms with Crippen molar-refractivity contribution in [3.63, 3.8) is 0 Å². The molecule has 0 saturated carbocycles. The number of fused-ring (bicyclic) bond motifs is 3. The molecule has 1 aromatic carbocycles. The molecular formula is C21H21N3O2S. The Morgan fingerprint density at radius 3 is 2.78 bits per heavy atom. The Labute approximate surface area is 162 Å². The van der Waals surface area contributed by atoms with E-state index in [-0.39, 0.29) is 11.9 Å². The zero-order valence-corrected chi connectivity index (χ0v) is 15.7. The second kappa shape index (κ2) is 6.94. The fourth-order valence-corrected chi connectivity index (χ4v) is 4.79. The summed E-state index contributed by atoms with van der Waals surface area (Å²) in [5.74, 6) is 1.56. The summed E-state index contributed by atoms with van der Waals surface area (Å²) in [5.41, 5.74) is 2.00. The molecule has 0 spiro atoms. The summed E-state index contributed by atoms with van der Waals surface area (Å²) >= 11 is 1.61. The fraction of sp³-hybridized carbons (Fsp3) is 0.333. The molecule has 3 aromatic rings. The summed E-state index contributed by atoms with van der Waals surface area (Å²) in [6, 6.07) is 11.9. The minimum atomic E-state index is -0.115. The zero-order chi connectivity index (χ0) is 18.2. The first-order chi connectivity index (χ1) is 13.3. The Morgan fingerprint density at radius 1 is 1.19 bits per heavy atom. The molecule has 6 rings (SSSR count). The van der Waals surface area contributed by atoms with Crippen LogP contribution in [0.1, 0.15) is 23.4 Å². The van der Waals surface area contributed by atoms with Gasteiger partial charge in [-0.2, -0.15) is 0 Å². The van der Waals surface area contributed by atoms with E-state index in [2.05, 4.69) is 15.2 Å². The van der Waals surface area contributed by atoms with Crippen molar-refractivity contribution in [1.29, 1.82) is 0 Å². The fourth-order valence-electron chi connectivity index (χ4n) is 4.15. The molecule has 3 fully saturated rings. The number of aromatic nitrogens is 1. The second-order valence-electron chi connectivity index (χ2n) is 7.30. The van der Waals surface area contributed by atoms with E-state index in [4.69, 9.17) is 4.42 Å². The lowest BCUT2D eigenvalue weighted by atomic mass is 9.84. The molecule has 5 heterocycles. The van der Waals surface area contributed by atoms with E-state index in [1.807, 2.05) is 35.7 Å². The van der Waals surface area contributed by atoms with Crippen molar-refractivity contribution in [3.8, 4) is 21.9 Å². The topological polar surface area (TPSA) is 58.4 Å². The first kappa shape index (κ1) is 16.7. The maximum atomic E-state index is 12.7. The molecule has 1 amide bonds. The van der Waals surface area contributed by atoms with E-state index < -0.39 is 0 Å². The highest BCUT2D eigenvalue weighted by Crippen LogP contribution is 2.30. The van der Waals surface area contributed by atoms with Crippen molar-refractivity contribution in [1.82, 2.24) is 15.2 Å². The number of furan rings is 1. The minimum absolute atomic E-state index is 0.115. The first-order valence-corrected chi connectivity index (χ1v) is 10.3. The van der Waals surface area contributed by atoms with E-state index in [9.17, 15) is 4.79 Å². The van der Waals surface area contributed by atoms with Crippen LogP contribution in [0.15, 0.2) is 52.4 Å². The Morgan fingerprint density at radius 2 is 2.04 bits per heavy atom. The van der Waals surface area contributed by atoms with Crippen LogP contribution in [0.25, 0.3) is 21.9 Å². The Hall–Kier alpha value is -2.44. The van der Waals surface area contributed by atoms with Gasteiger partial charge in [0.1, 0.15) is 10.8 Å². The monoisotopic (exact) mass is 379 g/mol. The Kier molecular flexibility index (Phi) is 4.30. The van der Waals surface area contributed by atoms with Gasteiger partial charge < -0.3 is 14.6 Å². The summed E-state index contributed by atoms with van der Waals surface area (Å²) in [7, 11) is 0. The molecular weight excluding hydrogens is 358 g/mol. The standard InChI is InChI=1S/C21H21N3O2S/c25-20(23-17-13-24-9-6-14(17)7-10-24)19-5-4-18(26-19)15-2-1-3-16(12-15)21-22-8-11-27-21/h1-5,8,11-12,14,17H,6-7,9-10,13H2,(H,23,25)/t17-/m0/s1. The molecule has 3 aliphatic heterocycles. The second-order valence-corrected chi connectivity index (χ2v) is 8.19. The van der Waals surface area contributed by atoms with Crippen LogP contribution in [0.4, 0.5) is 0 Å². The predicted octanol–water partition coefficient (Wildman–Crippen LogP) is 3.89. The molecule has 27 heavy (non-hydrogen) atoms. The summed E-state index contributed by atoms with van der Waals surface area (Å²) in [6.45, 7) is 3.29. The van der Waals surface area contributed by atoms with Crippen LogP contribution in [0.3, 0.4) is 0 Å². The third-order valence-corrected chi connectivity index (χ3v) is 6.45. The highest BCUT2D eigenvalue weighted by molar-refractivity contribution is 7.13. The van der Waals surface area contributed by atoms with Crippen LogP contribution in [0, 0.1) is 5.92 Å². The highest BCUT2D eigenvalue weighted by atomic mass is 32.1. The largest absolute Gasteiger partial charge is 0.451 e. The van der Waals surface area contributed by atoms with E-state index in [0.717, 1.165) is 35.8 Å². The number of piperidine rings is 3. The van der Waals surface area contributed by atoms with Crippen LogP contribution < -0.4 is 5.32 Å². The van der Waals surface area contributed by atoms with Crippen molar-refractivity contribution in [3.05, 3.63) is 53.7 Å². The molecule has 138 valence electrons. The van der Waals surface area contributed by atoms with Crippen LogP contribution in [0.2, 0.25) is 0 Å². The number of carbonyl (C=O) groups is 1. The van der Waals surface area contributed by atoms with Crippen LogP contribution in [-0.4, -0.2) is 41.5 Å². The average Bonchev–Trinajstić information content (AvgIpc) is 3.41. The Balaban J connectivity index is 1.32. The normalized spacial score (nSPS) is 24.1. The number of hydrogen-bond acceptors (Lipinski definition) is 5. The van der Waals surface area contributed by atoms with Gasteiger partial charge in [-0.1, -0.05) is 18.2 Å². The van der Waals surface area contributed by atoms with Gasteiger partial charge >= 0.3 is 0 Å². The van der Waals surface area contributed by atoms with Gasteiger partial charge in [0, 0.05) is 35.3 Å². The molecule has 0 radical (unpaired) electrons. The van der Waals surface area contributed by atoms with Crippen molar-refractivity contribution >= 4 is 17.2 Å². The molecule has 0 aliphatic carbocycles. The molecule has 3 aliphatic rings. The zero-order valence-electron chi connectivity index (χ0n) is 14.9. The highest BCUT2D eigenvalue weighted by Gasteiger charge is 2.35. The minimum Gasteiger partial charge on any atom is -0.451 e. The molecule has 6 heteroatoms. The summed E-state index contributed by atoms with van der Waals surface area (Å²) in [6.07, 6.45) is 4.16. The molecule has 1 atom stereocenters. The third-order valence-electron chi connectivity index (χ3n) is 5.63. The SMILES string of the molecule is O=C(N[C@H]1CN2CCC1CC2)c1ccc(-c2cccc(-c3nccs3)c2)o1. The van der Waals surface area contributed by atoms with E-state index in [0.29, 0.717) is 17.4 Å². The lowest BCUT2D eigenvalue weighted by Gasteiger charge is -2.44. The van der Waals surface area contributed by atoms with Crippen LogP contribution in [0.5, 0.6) is 0 Å². The van der Waals surface area contributed by atoms with Gasteiger partial charge in [0.05, 0.1) is 0 Å². The third kappa shape index (κ3) is 3.31. The van der Waals surface area contributed by atoms with Gasteiger partial charge in [-0.05, 0) is 50.0 Å². The number of nitrogens with one attached hydrogen (secondary N) is 1. The molecule has 1 N–H and O–H groups in total. The predicted molar refractivity (Wildman–Crippen MR) is 106 cm³/mol. The Bertz CT molecular complexity index is 942. The maximum Gasteiger partial charge on any atom is 0.287 e. The van der Waals surface area contributed by atoms with E-state index in [1.54, 1.807) is 23.6 Å². The summed E-state index contributed by atoms with van der Waals surface area (Å²) in [5, 5.41) is 6.12. The van der Waals surface area contributed by atoms with Gasteiger partial charge in [-0.25, -0.2) is 4.98 Å². The van der Waals surface area contributed by atoms with Gasteiger partial charge in [-0.3, -0.25) is 4.79 Å². The van der Waals surface area contributed by atoms with Crippen molar-refractivity contribution < 1.29 is 9.21 Å². The molecule has 0 unspecified atom stereocenters. The number of hydrogen-bond donors (Lipinski definition) is 1. The van der Waals surface area contributed by atoms with Gasteiger partial charge in [-0.15, -0.1) is 11.3 Å². The van der Waals surface area contributed by atoms with Crippen molar-refractivity contribution in [2.45, 2.75) is 18.9 Å². The van der Waals surface area contributed by atoms with Crippen LogP contribution in [-0.2, 0) is 0 Å². The quantitative estimate of drug-likeness (QED) is 0.747. The molecule has 3 saturated heterocycles. The van der Waals surface area contributed by atoms with Gasteiger partial charge in [0.15, 0.2) is 5.76 Å². The lowest BCUT2D eigenvalue weighted by molar-refractivity contribution is 0.0606. The molecule has 5 nitrogen and oxygen atoms in total. The summed E-state index contributed by atoms with van der Waals surface area (Å²) in [4.78, 5) is 19.4. The number of thiazole rings is 1. The number of amides is 1. The van der Waals surface area contributed by atoms with Crippen molar-refractivity contribution in [2.24, 2.45) is 5.92 Å². The molecule has 2 aromatic heterocycles. The number of rotatable bonds is 4. The number of carbonyl (C=O) groups excluding carboxylic acids is 1.